The molecule has 0 radical (unpaired) electrons. The van der Waals surface area contributed by atoms with Crippen molar-refractivity contribution in [2.24, 2.45) is 5.92 Å². The number of aromatic amines is 1. The fourth-order valence-corrected chi connectivity index (χ4v) is 6.30. The number of fused-ring (bicyclic) bond motifs is 5. The molecule has 2 N–H and O–H groups in total. The van der Waals surface area contributed by atoms with Crippen molar-refractivity contribution in [3.8, 4) is 0 Å². The maximum Gasteiger partial charge on any atom is 0.302 e. The van der Waals surface area contributed by atoms with Crippen LogP contribution >= 0.6 is 0 Å². The third-order valence-electron chi connectivity index (χ3n) is 7.62. The molecule has 1 aromatic carbocycles. The molecule has 4 atom stereocenters. The molecule has 1 aliphatic heterocycles. The highest BCUT2D eigenvalue weighted by Gasteiger charge is 2.52. The van der Waals surface area contributed by atoms with Gasteiger partial charge in [0.05, 0.1) is 16.7 Å². The second-order valence-corrected chi connectivity index (χ2v) is 10.1. The smallest absolute Gasteiger partial charge is 0.302 e. The SMILES string of the molecule is CC=C1C2C=C(C)CC1(NC(=O)C(C(C)OC(C)=O)N1C(=O)c3ccccc3C1=O)c1ccc(=O)[nH]c1C2. The van der Waals surface area contributed by atoms with E-state index in [0.29, 0.717) is 12.8 Å². The van der Waals surface area contributed by atoms with E-state index in [9.17, 15) is 24.0 Å². The lowest BCUT2D eigenvalue weighted by Gasteiger charge is -2.48. The van der Waals surface area contributed by atoms with Gasteiger partial charge in [0.25, 0.3) is 11.8 Å². The Labute approximate surface area is 219 Å². The number of H-pyrrole nitrogens is 1. The van der Waals surface area contributed by atoms with Gasteiger partial charge in [0, 0.05) is 30.2 Å². The van der Waals surface area contributed by atoms with Crippen LogP contribution in [-0.2, 0) is 26.3 Å². The topological polar surface area (TPSA) is 126 Å². The third kappa shape index (κ3) is 3.89. The van der Waals surface area contributed by atoms with E-state index >= 15 is 0 Å². The number of carbonyl (C=O) groups is 4. The van der Waals surface area contributed by atoms with E-state index in [1.165, 1.54) is 32.0 Å². The van der Waals surface area contributed by atoms with E-state index in [2.05, 4.69) is 16.4 Å². The Morgan fingerprint density at radius 3 is 2.39 bits per heavy atom. The van der Waals surface area contributed by atoms with Gasteiger partial charge in [-0.3, -0.25) is 28.9 Å². The van der Waals surface area contributed by atoms with Crippen LogP contribution in [0.2, 0.25) is 0 Å². The van der Waals surface area contributed by atoms with Crippen LogP contribution in [0.5, 0.6) is 0 Å². The molecule has 0 saturated carbocycles. The molecule has 2 bridgehead atoms. The van der Waals surface area contributed by atoms with Crippen LogP contribution in [0.3, 0.4) is 0 Å². The number of hydrogen-bond acceptors (Lipinski definition) is 6. The Balaban J connectivity index is 1.62. The predicted octanol–water partition coefficient (Wildman–Crippen LogP) is 2.77. The third-order valence-corrected chi connectivity index (χ3v) is 7.62. The molecule has 0 saturated heterocycles. The molecule has 5 rings (SSSR count). The van der Waals surface area contributed by atoms with Crippen molar-refractivity contribution in [2.75, 3.05) is 0 Å². The molecule has 4 unspecified atom stereocenters. The van der Waals surface area contributed by atoms with Crippen molar-refractivity contribution >= 4 is 23.7 Å². The summed E-state index contributed by atoms with van der Waals surface area (Å²) >= 11 is 0. The summed E-state index contributed by atoms with van der Waals surface area (Å²) in [7, 11) is 0. The monoisotopic (exact) mass is 515 g/mol. The summed E-state index contributed by atoms with van der Waals surface area (Å²) in [5, 5.41) is 3.16. The number of rotatable bonds is 5. The lowest BCUT2D eigenvalue weighted by atomic mass is 9.63. The molecule has 196 valence electrons. The van der Waals surface area contributed by atoms with Gasteiger partial charge in [-0.2, -0.15) is 0 Å². The molecule has 0 spiro atoms. The van der Waals surface area contributed by atoms with Crippen LogP contribution in [0.25, 0.3) is 0 Å². The van der Waals surface area contributed by atoms with Gasteiger partial charge in [-0.1, -0.05) is 29.9 Å². The van der Waals surface area contributed by atoms with Gasteiger partial charge in [0.15, 0.2) is 6.04 Å². The summed E-state index contributed by atoms with van der Waals surface area (Å²) in [6.45, 7) is 6.58. The first-order valence-corrected chi connectivity index (χ1v) is 12.6. The number of carbonyl (C=O) groups excluding carboxylic acids is 4. The standard InChI is InChI=1S/C29H29N3O6/c1-5-21-18-12-15(2)14-29(21,22-10-11-24(34)30-23(22)13-18)31-26(35)25(16(3)38-17(4)33)32-27(36)19-8-6-7-9-20(19)28(32)37/h5-12,16,18,25H,13-14H2,1-4H3,(H,30,34)(H,31,35). The summed E-state index contributed by atoms with van der Waals surface area (Å²) in [6.07, 6.45) is 4.00. The molecule has 9 heteroatoms. The quantitative estimate of drug-likeness (QED) is 0.358. The Morgan fingerprint density at radius 2 is 1.79 bits per heavy atom. The second-order valence-electron chi connectivity index (χ2n) is 10.1. The molecule has 3 amide bonds. The summed E-state index contributed by atoms with van der Waals surface area (Å²) in [6, 6.07) is 8.09. The summed E-state index contributed by atoms with van der Waals surface area (Å²) in [5.41, 5.74) is 2.62. The molecule has 0 fully saturated rings. The fraction of sp³-hybridized carbons (Fsp3) is 0.345. The zero-order valence-electron chi connectivity index (χ0n) is 21.7. The van der Waals surface area contributed by atoms with Gasteiger partial charge in [0.2, 0.25) is 11.5 Å². The molecular formula is C29H29N3O6. The van der Waals surface area contributed by atoms with E-state index in [4.69, 9.17) is 4.74 Å². The largest absolute Gasteiger partial charge is 0.460 e. The summed E-state index contributed by atoms with van der Waals surface area (Å²) < 4.78 is 5.37. The minimum atomic E-state index is -1.42. The zero-order chi connectivity index (χ0) is 27.4. The highest BCUT2D eigenvalue weighted by Crippen LogP contribution is 2.49. The molecule has 2 aromatic rings. The van der Waals surface area contributed by atoms with Crippen molar-refractivity contribution in [1.82, 2.24) is 15.2 Å². The minimum Gasteiger partial charge on any atom is -0.460 e. The van der Waals surface area contributed by atoms with Crippen LogP contribution in [0.15, 0.2) is 64.5 Å². The number of nitrogens with zero attached hydrogens (tertiary/aromatic N) is 1. The van der Waals surface area contributed by atoms with E-state index in [-0.39, 0.29) is 22.6 Å². The highest BCUT2D eigenvalue weighted by atomic mass is 16.5. The molecule has 38 heavy (non-hydrogen) atoms. The normalized spacial score (nSPS) is 24.3. The van der Waals surface area contributed by atoms with E-state index < -0.39 is 41.4 Å². The van der Waals surface area contributed by atoms with Crippen LogP contribution in [0, 0.1) is 5.92 Å². The van der Waals surface area contributed by atoms with E-state index in [1.54, 1.807) is 18.2 Å². The first-order chi connectivity index (χ1) is 18.1. The van der Waals surface area contributed by atoms with Gasteiger partial charge >= 0.3 is 5.97 Å². The Morgan fingerprint density at radius 1 is 1.13 bits per heavy atom. The number of amides is 3. The average molecular weight is 516 g/mol. The van der Waals surface area contributed by atoms with Gasteiger partial charge in [-0.25, -0.2) is 0 Å². The number of hydrogen-bond donors (Lipinski definition) is 2. The van der Waals surface area contributed by atoms with E-state index in [0.717, 1.165) is 27.3 Å². The number of ether oxygens (including phenoxy) is 1. The summed E-state index contributed by atoms with van der Waals surface area (Å²) in [5.74, 6) is -2.58. The molecule has 9 nitrogen and oxygen atoms in total. The zero-order valence-corrected chi connectivity index (χ0v) is 21.7. The first kappa shape index (κ1) is 25.4. The Hall–Kier alpha value is -4.27. The first-order valence-electron chi connectivity index (χ1n) is 12.6. The molecule has 2 aliphatic carbocycles. The maximum absolute atomic E-state index is 14.2. The average Bonchev–Trinajstić information content (AvgIpc) is 3.08. The number of pyridine rings is 1. The van der Waals surface area contributed by atoms with Gasteiger partial charge in [-0.15, -0.1) is 0 Å². The van der Waals surface area contributed by atoms with Crippen molar-refractivity contribution < 1.29 is 23.9 Å². The highest BCUT2D eigenvalue weighted by molar-refractivity contribution is 6.23. The summed E-state index contributed by atoms with van der Waals surface area (Å²) in [4.78, 5) is 68.8. The number of allylic oxidation sites excluding steroid dienone is 2. The van der Waals surface area contributed by atoms with Crippen LogP contribution in [-0.4, -0.2) is 45.7 Å². The molecule has 3 aliphatic rings. The van der Waals surface area contributed by atoms with Gasteiger partial charge in [0.1, 0.15) is 6.10 Å². The Bertz CT molecular complexity index is 1470. The number of imide groups is 1. The fourth-order valence-electron chi connectivity index (χ4n) is 6.30. The Kier molecular flexibility index (Phi) is 6.17. The number of benzene rings is 1. The van der Waals surface area contributed by atoms with Crippen molar-refractivity contribution in [3.63, 3.8) is 0 Å². The molecular weight excluding hydrogens is 486 g/mol. The predicted molar refractivity (Wildman–Crippen MR) is 138 cm³/mol. The molecule has 1 aromatic heterocycles. The molecule has 2 heterocycles. The van der Waals surface area contributed by atoms with Gasteiger partial charge in [-0.05, 0) is 57.4 Å². The van der Waals surface area contributed by atoms with Crippen molar-refractivity contribution in [3.05, 3.63) is 92.4 Å². The van der Waals surface area contributed by atoms with E-state index in [1.807, 2.05) is 19.9 Å². The van der Waals surface area contributed by atoms with Crippen LogP contribution in [0.1, 0.15) is 66.1 Å². The second kappa shape index (κ2) is 9.24. The lowest BCUT2D eigenvalue weighted by Crippen LogP contribution is -2.61. The number of nitrogens with one attached hydrogen (secondary N) is 2. The lowest BCUT2D eigenvalue weighted by molar-refractivity contribution is -0.150. The van der Waals surface area contributed by atoms with Crippen LogP contribution in [0.4, 0.5) is 0 Å². The number of esters is 1. The van der Waals surface area contributed by atoms with Crippen LogP contribution < -0.4 is 10.9 Å². The maximum atomic E-state index is 14.2. The van der Waals surface area contributed by atoms with Crippen molar-refractivity contribution in [1.29, 1.82) is 0 Å². The minimum absolute atomic E-state index is 0.0525. The van der Waals surface area contributed by atoms with Crippen molar-refractivity contribution in [2.45, 2.75) is 58.2 Å². The number of aromatic nitrogens is 1. The van der Waals surface area contributed by atoms with Gasteiger partial charge < -0.3 is 15.0 Å².